The molecule has 0 aliphatic heterocycles. The van der Waals surface area contributed by atoms with Gasteiger partial charge in [-0.1, -0.05) is 17.7 Å². The van der Waals surface area contributed by atoms with E-state index in [4.69, 9.17) is 16.3 Å². The van der Waals surface area contributed by atoms with Gasteiger partial charge in [0.1, 0.15) is 0 Å². The zero-order valence-electron chi connectivity index (χ0n) is 7.56. The Morgan fingerprint density at radius 1 is 1.58 bits per heavy atom. The maximum atomic E-state index is 11.1. The minimum absolute atomic E-state index is 0.333. The van der Waals surface area contributed by atoms with E-state index < -0.39 is 0 Å². The summed E-state index contributed by atoms with van der Waals surface area (Å²) in [6.07, 6.45) is 3.25. The van der Waals surface area contributed by atoms with Crippen LogP contribution < -0.4 is 0 Å². The summed E-state index contributed by atoms with van der Waals surface area (Å²) in [7, 11) is 0. The standard InChI is InChI=1S/C9H13ClO2/c1-4-8(6-7(3)10)9(11)12-5-2/h4,6H,5H2,1-3H3/b7-6+,8-4+. The number of rotatable bonds is 3. The number of halogens is 1. The number of carbonyl (C=O) groups is 1. The second-order valence-electron chi connectivity index (χ2n) is 2.20. The first-order valence-electron chi connectivity index (χ1n) is 3.79. The summed E-state index contributed by atoms with van der Waals surface area (Å²) in [5, 5.41) is 0.566. The first-order valence-corrected chi connectivity index (χ1v) is 4.16. The van der Waals surface area contributed by atoms with Crippen molar-refractivity contribution in [2.24, 2.45) is 0 Å². The van der Waals surface area contributed by atoms with E-state index in [9.17, 15) is 4.79 Å². The molecule has 12 heavy (non-hydrogen) atoms. The summed E-state index contributed by atoms with van der Waals surface area (Å²) in [5.74, 6) is -0.333. The fraction of sp³-hybridized carbons (Fsp3) is 0.444. The zero-order valence-corrected chi connectivity index (χ0v) is 8.31. The lowest BCUT2D eigenvalue weighted by Gasteiger charge is -2.01. The molecule has 0 atom stereocenters. The van der Waals surface area contributed by atoms with Crippen LogP contribution in [0.15, 0.2) is 22.8 Å². The first-order chi connectivity index (χ1) is 5.61. The number of ether oxygens (including phenoxy) is 1. The maximum absolute atomic E-state index is 11.1. The number of allylic oxidation sites excluding steroid dienone is 2. The lowest BCUT2D eigenvalue weighted by molar-refractivity contribution is -0.138. The minimum atomic E-state index is -0.333. The molecule has 0 fully saturated rings. The molecule has 0 bridgehead atoms. The molecule has 0 saturated carbocycles. The molecule has 0 aromatic heterocycles. The Labute approximate surface area is 77.9 Å². The van der Waals surface area contributed by atoms with Gasteiger partial charge in [0, 0.05) is 5.03 Å². The predicted molar refractivity (Wildman–Crippen MR) is 50.0 cm³/mol. The van der Waals surface area contributed by atoms with Crippen LogP contribution in [-0.2, 0) is 9.53 Å². The van der Waals surface area contributed by atoms with Crippen molar-refractivity contribution < 1.29 is 9.53 Å². The SMILES string of the molecule is C/C=C(\C=C(/C)Cl)C(=O)OCC. The van der Waals surface area contributed by atoms with Crippen molar-refractivity contribution in [1.82, 2.24) is 0 Å². The minimum Gasteiger partial charge on any atom is -0.462 e. The van der Waals surface area contributed by atoms with Gasteiger partial charge in [-0.15, -0.1) is 0 Å². The Balaban J connectivity index is 4.38. The molecule has 0 rings (SSSR count). The Bertz CT molecular complexity index is 213. The molecule has 0 radical (unpaired) electrons. The van der Waals surface area contributed by atoms with Crippen LogP contribution in [0.3, 0.4) is 0 Å². The highest BCUT2D eigenvalue weighted by molar-refractivity contribution is 6.29. The van der Waals surface area contributed by atoms with Gasteiger partial charge in [0.2, 0.25) is 0 Å². The Morgan fingerprint density at radius 2 is 2.17 bits per heavy atom. The van der Waals surface area contributed by atoms with Gasteiger partial charge in [-0.25, -0.2) is 4.79 Å². The summed E-state index contributed by atoms with van der Waals surface area (Å²) in [6.45, 7) is 5.63. The lowest BCUT2D eigenvalue weighted by Crippen LogP contribution is -2.05. The highest BCUT2D eigenvalue weighted by atomic mass is 35.5. The summed E-state index contributed by atoms with van der Waals surface area (Å²) in [6, 6.07) is 0. The molecule has 0 aromatic carbocycles. The monoisotopic (exact) mass is 188 g/mol. The fourth-order valence-corrected chi connectivity index (χ4v) is 0.806. The van der Waals surface area contributed by atoms with E-state index in [2.05, 4.69) is 0 Å². The molecular weight excluding hydrogens is 176 g/mol. The second-order valence-corrected chi connectivity index (χ2v) is 2.79. The third-order valence-electron chi connectivity index (χ3n) is 1.18. The molecule has 2 nitrogen and oxygen atoms in total. The van der Waals surface area contributed by atoms with Crippen LogP contribution in [0.4, 0.5) is 0 Å². The number of carbonyl (C=O) groups excluding carboxylic acids is 1. The van der Waals surface area contributed by atoms with E-state index in [1.165, 1.54) is 0 Å². The average Bonchev–Trinajstić information content (AvgIpc) is 2.00. The first kappa shape index (κ1) is 11.2. The summed E-state index contributed by atoms with van der Waals surface area (Å²) < 4.78 is 4.79. The Kier molecular flexibility index (Phi) is 5.47. The van der Waals surface area contributed by atoms with Gasteiger partial charge < -0.3 is 4.74 Å². The highest BCUT2D eigenvalue weighted by Crippen LogP contribution is 2.07. The largest absolute Gasteiger partial charge is 0.462 e. The fourth-order valence-electron chi connectivity index (χ4n) is 0.689. The van der Waals surface area contributed by atoms with Crippen LogP contribution in [-0.4, -0.2) is 12.6 Å². The maximum Gasteiger partial charge on any atom is 0.337 e. The van der Waals surface area contributed by atoms with Crippen molar-refractivity contribution in [3.8, 4) is 0 Å². The lowest BCUT2D eigenvalue weighted by atomic mass is 10.2. The topological polar surface area (TPSA) is 26.3 Å². The molecule has 0 N–H and O–H groups in total. The second kappa shape index (κ2) is 5.84. The van der Waals surface area contributed by atoms with Crippen LogP contribution >= 0.6 is 11.6 Å². The van der Waals surface area contributed by atoms with Crippen LogP contribution in [0.25, 0.3) is 0 Å². The number of esters is 1. The molecular formula is C9H13ClO2. The number of hydrogen-bond acceptors (Lipinski definition) is 2. The van der Waals surface area contributed by atoms with Gasteiger partial charge in [-0.3, -0.25) is 0 Å². The van der Waals surface area contributed by atoms with Gasteiger partial charge in [-0.05, 0) is 26.8 Å². The molecule has 0 unspecified atom stereocenters. The van der Waals surface area contributed by atoms with Gasteiger partial charge in [-0.2, -0.15) is 0 Å². The Morgan fingerprint density at radius 3 is 2.50 bits per heavy atom. The van der Waals surface area contributed by atoms with Gasteiger partial charge >= 0.3 is 5.97 Å². The number of hydrogen-bond donors (Lipinski definition) is 0. The summed E-state index contributed by atoms with van der Waals surface area (Å²) in [4.78, 5) is 11.1. The smallest absolute Gasteiger partial charge is 0.337 e. The van der Waals surface area contributed by atoms with Crippen LogP contribution in [0.5, 0.6) is 0 Å². The van der Waals surface area contributed by atoms with Gasteiger partial charge in [0.15, 0.2) is 0 Å². The third kappa shape index (κ3) is 4.19. The molecule has 68 valence electrons. The molecule has 0 aliphatic carbocycles. The van der Waals surface area contributed by atoms with Gasteiger partial charge in [0.25, 0.3) is 0 Å². The van der Waals surface area contributed by atoms with Crippen molar-refractivity contribution in [2.45, 2.75) is 20.8 Å². The predicted octanol–water partition coefficient (Wildman–Crippen LogP) is 2.64. The molecule has 3 heteroatoms. The highest BCUT2D eigenvalue weighted by Gasteiger charge is 2.05. The van der Waals surface area contributed by atoms with Crippen LogP contribution in [0.1, 0.15) is 20.8 Å². The van der Waals surface area contributed by atoms with Crippen molar-refractivity contribution >= 4 is 17.6 Å². The van der Waals surface area contributed by atoms with Crippen LogP contribution in [0.2, 0.25) is 0 Å². The summed E-state index contributed by atoms with van der Waals surface area (Å²) >= 11 is 5.61. The molecule has 0 saturated heterocycles. The van der Waals surface area contributed by atoms with E-state index in [0.717, 1.165) is 0 Å². The molecule has 0 spiro atoms. The molecule has 0 aromatic rings. The van der Waals surface area contributed by atoms with Gasteiger partial charge in [0.05, 0.1) is 12.2 Å². The van der Waals surface area contributed by atoms with E-state index in [1.54, 1.807) is 32.9 Å². The third-order valence-corrected chi connectivity index (χ3v) is 1.29. The van der Waals surface area contributed by atoms with Crippen molar-refractivity contribution in [3.05, 3.63) is 22.8 Å². The summed E-state index contributed by atoms with van der Waals surface area (Å²) in [5.41, 5.74) is 0.490. The van der Waals surface area contributed by atoms with E-state index in [1.807, 2.05) is 0 Å². The molecule has 0 heterocycles. The van der Waals surface area contributed by atoms with Crippen molar-refractivity contribution in [2.75, 3.05) is 6.61 Å². The molecule has 0 amide bonds. The van der Waals surface area contributed by atoms with E-state index in [0.29, 0.717) is 17.2 Å². The van der Waals surface area contributed by atoms with Crippen molar-refractivity contribution in [3.63, 3.8) is 0 Å². The van der Waals surface area contributed by atoms with Crippen LogP contribution in [0, 0.1) is 0 Å². The van der Waals surface area contributed by atoms with E-state index in [-0.39, 0.29) is 5.97 Å². The Hall–Kier alpha value is -0.760. The zero-order chi connectivity index (χ0) is 9.56. The average molecular weight is 189 g/mol. The van der Waals surface area contributed by atoms with E-state index >= 15 is 0 Å². The van der Waals surface area contributed by atoms with Crippen molar-refractivity contribution in [1.29, 1.82) is 0 Å². The normalized spacial score (nSPS) is 13.0. The molecule has 0 aliphatic rings. The quantitative estimate of drug-likeness (QED) is 0.387.